The zero-order valence-electron chi connectivity index (χ0n) is 8.39. The van der Waals surface area contributed by atoms with Gasteiger partial charge in [-0.15, -0.1) is 0 Å². The van der Waals surface area contributed by atoms with Crippen LogP contribution in [0, 0.1) is 5.92 Å². The average Bonchev–Trinajstić information content (AvgIpc) is 2.64. The molecule has 2 atom stereocenters. The van der Waals surface area contributed by atoms with Gasteiger partial charge in [0.05, 0.1) is 18.8 Å². The van der Waals surface area contributed by atoms with Gasteiger partial charge < -0.3 is 9.63 Å². The van der Waals surface area contributed by atoms with Gasteiger partial charge in [-0.3, -0.25) is 4.90 Å². The van der Waals surface area contributed by atoms with E-state index in [0.717, 1.165) is 31.8 Å². The van der Waals surface area contributed by atoms with Crippen LogP contribution in [0.1, 0.15) is 19.1 Å². The maximum Gasteiger partial charge on any atom is 0.150 e. The fourth-order valence-electron chi connectivity index (χ4n) is 1.91. The van der Waals surface area contributed by atoms with Crippen molar-refractivity contribution in [1.82, 2.24) is 10.1 Å². The molecule has 1 aliphatic heterocycles. The maximum absolute atomic E-state index is 9.56. The van der Waals surface area contributed by atoms with Crippen molar-refractivity contribution in [2.24, 2.45) is 5.92 Å². The molecule has 1 aromatic heterocycles. The van der Waals surface area contributed by atoms with Crippen LogP contribution in [0.25, 0.3) is 0 Å². The first kappa shape index (κ1) is 9.68. The minimum absolute atomic E-state index is 0.138. The molecular formula is C10H16N2O2. The van der Waals surface area contributed by atoms with Crippen molar-refractivity contribution in [3.63, 3.8) is 0 Å². The number of hydrogen-bond acceptors (Lipinski definition) is 4. The third-order valence-corrected chi connectivity index (χ3v) is 2.81. The lowest BCUT2D eigenvalue weighted by molar-refractivity contribution is 0.0289. The lowest BCUT2D eigenvalue weighted by Gasteiger charge is -2.33. The van der Waals surface area contributed by atoms with Crippen LogP contribution in [0.3, 0.4) is 0 Å². The van der Waals surface area contributed by atoms with Crippen LogP contribution in [-0.2, 0) is 6.54 Å². The highest BCUT2D eigenvalue weighted by molar-refractivity contribution is 4.93. The van der Waals surface area contributed by atoms with E-state index in [4.69, 9.17) is 4.52 Å². The molecule has 4 nitrogen and oxygen atoms in total. The number of aromatic nitrogens is 1. The first-order valence-electron chi connectivity index (χ1n) is 5.05. The summed E-state index contributed by atoms with van der Waals surface area (Å²) in [5.74, 6) is 1.25. The van der Waals surface area contributed by atoms with Gasteiger partial charge in [0, 0.05) is 19.2 Å². The highest BCUT2D eigenvalue weighted by atomic mass is 16.5. The Hall–Kier alpha value is -0.870. The van der Waals surface area contributed by atoms with Crippen molar-refractivity contribution in [3.8, 4) is 0 Å². The van der Waals surface area contributed by atoms with Crippen LogP contribution in [0.4, 0.5) is 0 Å². The van der Waals surface area contributed by atoms with Crippen molar-refractivity contribution in [1.29, 1.82) is 0 Å². The Morgan fingerprint density at radius 1 is 1.71 bits per heavy atom. The van der Waals surface area contributed by atoms with E-state index < -0.39 is 0 Å². The third-order valence-electron chi connectivity index (χ3n) is 2.81. The molecule has 14 heavy (non-hydrogen) atoms. The summed E-state index contributed by atoms with van der Waals surface area (Å²) < 4.78 is 5.04. The molecule has 2 rings (SSSR count). The van der Waals surface area contributed by atoms with E-state index in [1.54, 1.807) is 6.20 Å². The first-order chi connectivity index (χ1) is 6.75. The highest BCUT2D eigenvalue weighted by Crippen LogP contribution is 2.18. The highest BCUT2D eigenvalue weighted by Gasteiger charge is 2.24. The van der Waals surface area contributed by atoms with Gasteiger partial charge in [-0.25, -0.2) is 0 Å². The first-order valence-corrected chi connectivity index (χ1v) is 5.05. The second-order valence-electron chi connectivity index (χ2n) is 4.05. The lowest BCUT2D eigenvalue weighted by atomic mass is 9.97. The summed E-state index contributed by atoms with van der Waals surface area (Å²) in [6.45, 7) is 4.75. The number of hydrogen-bond donors (Lipinski definition) is 1. The summed E-state index contributed by atoms with van der Waals surface area (Å²) >= 11 is 0. The van der Waals surface area contributed by atoms with E-state index in [2.05, 4.69) is 17.0 Å². The van der Waals surface area contributed by atoms with Gasteiger partial charge in [0.15, 0.2) is 5.76 Å². The quantitative estimate of drug-likeness (QED) is 0.762. The number of likely N-dealkylation sites (tertiary alicyclic amines) is 1. The van der Waals surface area contributed by atoms with Gasteiger partial charge in [0.2, 0.25) is 0 Å². The molecule has 2 unspecified atom stereocenters. The molecule has 4 heteroatoms. The van der Waals surface area contributed by atoms with Crippen LogP contribution in [0.5, 0.6) is 0 Å². The topological polar surface area (TPSA) is 49.5 Å². The minimum atomic E-state index is -0.138. The number of nitrogens with zero attached hydrogens (tertiary/aromatic N) is 2. The summed E-state index contributed by atoms with van der Waals surface area (Å²) in [4.78, 5) is 2.29. The second kappa shape index (κ2) is 4.11. The van der Waals surface area contributed by atoms with E-state index in [-0.39, 0.29) is 6.10 Å². The number of aliphatic hydroxyl groups excluding tert-OH is 1. The van der Waals surface area contributed by atoms with Crippen molar-refractivity contribution in [2.75, 3.05) is 13.1 Å². The Bertz CT molecular complexity index is 274. The van der Waals surface area contributed by atoms with Crippen molar-refractivity contribution >= 4 is 0 Å². The SMILES string of the molecule is CC1CN(Cc2ccno2)CCC1O. The molecule has 0 bridgehead atoms. The molecule has 1 aromatic rings. The zero-order chi connectivity index (χ0) is 9.97. The van der Waals surface area contributed by atoms with Crippen LogP contribution < -0.4 is 0 Å². The van der Waals surface area contributed by atoms with E-state index in [1.807, 2.05) is 6.07 Å². The summed E-state index contributed by atoms with van der Waals surface area (Å²) in [6.07, 6.45) is 2.38. The zero-order valence-corrected chi connectivity index (χ0v) is 8.39. The standard InChI is InChI=1S/C10H16N2O2/c1-8-6-12(5-3-10(8)13)7-9-2-4-11-14-9/h2,4,8,10,13H,3,5-7H2,1H3. The van der Waals surface area contributed by atoms with Crippen LogP contribution in [-0.4, -0.2) is 34.4 Å². The summed E-state index contributed by atoms with van der Waals surface area (Å²) in [5, 5.41) is 13.2. The molecule has 0 radical (unpaired) electrons. The Kier molecular flexibility index (Phi) is 2.84. The molecule has 1 fully saturated rings. The van der Waals surface area contributed by atoms with Gasteiger partial charge in [0.25, 0.3) is 0 Å². The second-order valence-corrected chi connectivity index (χ2v) is 4.05. The van der Waals surface area contributed by atoms with Crippen molar-refractivity contribution in [3.05, 3.63) is 18.0 Å². The fourth-order valence-corrected chi connectivity index (χ4v) is 1.91. The number of aliphatic hydroxyl groups is 1. The minimum Gasteiger partial charge on any atom is -0.393 e. The maximum atomic E-state index is 9.56. The molecule has 0 aliphatic carbocycles. The van der Waals surface area contributed by atoms with E-state index >= 15 is 0 Å². The Morgan fingerprint density at radius 2 is 2.57 bits per heavy atom. The number of piperidine rings is 1. The molecule has 1 aliphatic rings. The summed E-state index contributed by atoms with van der Waals surface area (Å²) in [5.41, 5.74) is 0. The molecule has 0 amide bonds. The Balaban J connectivity index is 1.88. The van der Waals surface area contributed by atoms with E-state index in [1.165, 1.54) is 0 Å². The van der Waals surface area contributed by atoms with Gasteiger partial charge in [0.1, 0.15) is 0 Å². The molecule has 0 aromatic carbocycles. The van der Waals surface area contributed by atoms with Crippen LogP contribution >= 0.6 is 0 Å². The number of rotatable bonds is 2. The average molecular weight is 196 g/mol. The van der Waals surface area contributed by atoms with Gasteiger partial charge >= 0.3 is 0 Å². The molecule has 78 valence electrons. The normalized spacial score (nSPS) is 29.3. The molecule has 1 N–H and O–H groups in total. The fraction of sp³-hybridized carbons (Fsp3) is 0.700. The van der Waals surface area contributed by atoms with Gasteiger partial charge in [-0.05, 0) is 12.3 Å². The van der Waals surface area contributed by atoms with Crippen molar-refractivity contribution < 1.29 is 9.63 Å². The summed E-state index contributed by atoms with van der Waals surface area (Å²) in [6, 6.07) is 1.88. The molecule has 1 saturated heterocycles. The predicted octanol–water partition coefficient (Wildman–Crippen LogP) is 0.877. The molecule has 0 saturated carbocycles. The largest absolute Gasteiger partial charge is 0.393 e. The molecular weight excluding hydrogens is 180 g/mol. The van der Waals surface area contributed by atoms with Gasteiger partial charge in [-0.2, -0.15) is 0 Å². The molecule has 0 spiro atoms. The van der Waals surface area contributed by atoms with Crippen LogP contribution in [0.15, 0.2) is 16.8 Å². The van der Waals surface area contributed by atoms with E-state index in [0.29, 0.717) is 5.92 Å². The van der Waals surface area contributed by atoms with E-state index in [9.17, 15) is 5.11 Å². The van der Waals surface area contributed by atoms with Crippen LogP contribution in [0.2, 0.25) is 0 Å². The smallest absolute Gasteiger partial charge is 0.150 e. The third kappa shape index (κ3) is 2.13. The monoisotopic (exact) mass is 196 g/mol. The molecule has 2 heterocycles. The predicted molar refractivity (Wildman–Crippen MR) is 51.6 cm³/mol. The van der Waals surface area contributed by atoms with Gasteiger partial charge in [-0.1, -0.05) is 12.1 Å². The Labute approximate surface area is 83.5 Å². The Morgan fingerprint density at radius 3 is 3.21 bits per heavy atom. The summed E-state index contributed by atoms with van der Waals surface area (Å²) in [7, 11) is 0. The van der Waals surface area contributed by atoms with Crippen molar-refractivity contribution in [2.45, 2.75) is 26.0 Å². The lowest BCUT2D eigenvalue weighted by Crippen LogP contribution is -2.41.